The van der Waals surface area contributed by atoms with Crippen molar-refractivity contribution in [1.82, 2.24) is 25.5 Å². The van der Waals surface area contributed by atoms with E-state index >= 15 is 0 Å². The van der Waals surface area contributed by atoms with E-state index in [1.54, 1.807) is 18.2 Å². The molecule has 0 N–H and O–H groups in total. The molecule has 3 aromatic carbocycles. The van der Waals surface area contributed by atoms with Crippen LogP contribution < -0.4 is 5.10 Å². The summed E-state index contributed by atoms with van der Waals surface area (Å²) in [7, 11) is 0. The Kier molecular flexibility index (Phi) is 20.3. The average molecular weight is 815 g/mol. The van der Waals surface area contributed by atoms with Gasteiger partial charge in [0.2, 0.25) is 5.91 Å². The fourth-order valence-electron chi connectivity index (χ4n) is 6.21. The zero-order valence-corrected chi connectivity index (χ0v) is 35.4. The summed E-state index contributed by atoms with van der Waals surface area (Å²) in [6.07, 6.45) is 10.9. The summed E-state index contributed by atoms with van der Waals surface area (Å²) < 4.78 is 10.7. The van der Waals surface area contributed by atoms with E-state index in [1.165, 1.54) is 38.5 Å². The van der Waals surface area contributed by atoms with Gasteiger partial charge in [-0.05, 0) is 40.2 Å². The number of esters is 1. The molecule has 0 bridgehead atoms. The normalized spacial score (nSPS) is 11.4. The molecule has 280 valence electrons. The SMILES string of the molecule is CCCCC(=O)N(Cc1ccc(-c2ccccc2-c2nnn[n-]2)cc1)[C@H](C(=O)OCc1ccccc1)C(C)C.CCC[CH2][Sn+]([CH2]CCC)[CH2]CCC. The minimum absolute atomic E-state index is 0.0463. The molecule has 1 atom stereocenters. The van der Waals surface area contributed by atoms with E-state index in [9.17, 15) is 9.59 Å². The van der Waals surface area contributed by atoms with E-state index in [2.05, 4.69) is 48.3 Å². The number of rotatable bonds is 21. The molecule has 0 saturated heterocycles. The molecule has 0 unspecified atom stereocenters. The topological polar surface area (TPSA) is 99.4 Å². The summed E-state index contributed by atoms with van der Waals surface area (Å²) in [5.41, 5.74) is 4.61. The van der Waals surface area contributed by atoms with Crippen molar-refractivity contribution in [2.24, 2.45) is 5.92 Å². The molecular weight excluding hydrogens is 753 g/mol. The van der Waals surface area contributed by atoms with Gasteiger partial charge in [0.05, 0.1) is 0 Å². The Balaban J connectivity index is 0.000000478. The van der Waals surface area contributed by atoms with Crippen LogP contribution in [0.2, 0.25) is 13.3 Å². The first-order valence-electron chi connectivity index (χ1n) is 19.5. The zero-order valence-electron chi connectivity index (χ0n) is 32.5. The molecule has 0 radical (unpaired) electrons. The molecule has 0 saturated carbocycles. The fraction of sp³-hybridized carbons (Fsp3) is 0.512. The van der Waals surface area contributed by atoms with E-state index < -0.39 is 25.8 Å². The van der Waals surface area contributed by atoms with Crippen molar-refractivity contribution in [2.45, 2.75) is 132 Å². The van der Waals surface area contributed by atoms with Crippen LogP contribution in [0.4, 0.5) is 0 Å². The maximum absolute atomic E-state index is 13.4. The quantitative estimate of drug-likeness (QED) is 0.0610. The first kappa shape index (κ1) is 42.9. The standard InChI is InChI=1S/C31H34N5O3.3C4H9.Sn/c1-4-5-15-28(37)36(29(22(2)3)31(38)39-21-24-11-7-6-8-12-24)20-23-16-18-25(19-17-23)26-13-9-10-14-27(26)30-32-34-35-33-30;3*1-3-4-2;/h6-14,16-19,22,29H,4-5,15,20-21H2,1-3H3;3*1,3-4H2,2H3;/q-1;;;;+1/t29-;;;;/m0..../s1. The second-order valence-electron chi connectivity index (χ2n) is 13.9. The van der Waals surface area contributed by atoms with E-state index in [0.717, 1.165) is 40.7 Å². The Morgan fingerprint density at radius 1 is 0.731 bits per heavy atom. The third-order valence-corrected chi connectivity index (χ3v) is 18.3. The molecular formula is C43H61N5O3Sn. The van der Waals surface area contributed by atoms with Gasteiger partial charge in [-0.15, -0.1) is 0 Å². The van der Waals surface area contributed by atoms with Gasteiger partial charge in [0.25, 0.3) is 0 Å². The van der Waals surface area contributed by atoms with Gasteiger partial charge in [-0.1, -0.05) is 106 Å². The second kappa shape index (κ2) is 24.7. The van der Waals surface area contributed by atoms with Crippen molar-refractivity contribution in [3.8, 4) is 22.5 Å². The van der Waals surface area contributed by atoms with Crippen LogP contribution in [0.3, 0.4) is 0 Å². The summed E-state index contributed by atoms with van der Waals surface area (Å²) in [6, 6.07) is 24.7. The summed E-state index contributed by atoms with van der Waals surface area (Å²) in [6.45, 7) is 13.4. The number of carbonyl (C=O) groups is 2. The Labute approximate surface area is 320 Å². The van der Waals surface area contributed by atoms with E-state index in [-0.39, 0.29) is 24.4 Å². The molecule has 0 aliphatic rings. The summed E-state index contributed by atoms with van der Waals surface area (Å²) in [5.74, 6) is -0.0796. The second-order valence-corrected chi connectivity index (χ2v) is 22.5. The number of unbranched alkanes of at least 4 members (excludes halogenated alkanes) is 4. The molecule has 1 aromatic heterocycles. The molecule has 9 heteroatoms. The van der Waals surface area contributed by atoms with Crippen molar-refractivity contribution < 1.29 is 14.3 Å². The van der Waals surface area contributed by atoms with Crippen LogP contribution >= 0.6 is 0 Å². The molecule has 0 aliphatic heterocycles. The van der Waals surface area contributed by atoms with Gasteiger partial charge in [0.1, 0.15) is 12.6 Å². The third kappa shape index (κ3) is 14.5. The number of aromatic nitrogens is 4. The molecule has 0 aliphatic carbocycles. The van der Waals surface area contributed by atoms with Crippen molar-refractivity contribution >= 4 is 31.6 Å². The van der Waals surface area contributed by atoms with E-state index in [1.807, 2.05) is 92.7 Å². The Morgan fingerprint density at radius 2 is 1.31 bits per heavy atom. The van der Waals surface area contributed by atoms with Gasteiger partial charge in [0, 0.05) is 18.8 Å². The predicted octanol–water partition coefficient (Wildman–Crippen LogP) is 10.3. The van der Waals surface area contributed by atoms with Gasteiger partial charge in [-0.3, -0.25) is 15.1 Å². The monoisotopic (exact) mass is 815 g/mol. The predicted molar refractivity (Wildman–Crippen MR) is 214 cm³/mol. The summed E-state index contributed by atoms with van der Waals surface area (Å²) in [5, 5.41) is 15.2. The number of hydrogen-bond acceptors (Lipinski definition) is 6. The van der Waals surface area contributed by atoms with Crippen LogP contribution in [0, 0.1) is 5.92 Å². The van der Waals surface area contributed by atoms with Gasteiger partial charge in [-0.25, -0.2) is 4.79 Å². The molecule has 8 nitrogen and oxygen atoms in total. The average Bonchev–Trinajstić information content (AvgIpc) is 3.72. The third-order valence-electron chi connectivity index (χ3n) is 9.25. The van der Waals surface area contributed by atoms with Crippen molar-refractivity contribution in [3.05, 3.63) is 90.0 Å². The minimum atomic E-state index is -0.839. The zero-order chi connectivity index (χ0) is 37.6. The number of ether oxygens (including phenoxy) is 1. The van der Waals surface area contributed by atoms with Gasteiger partial charge < -0.3 is 14.7 Å². The van der Waals surface area contributed by atoms with E-state index in [0.29, 0.717) is 18.8 Å². The molecule has 0 spiro atoms. The van der Waals surface area contributed by atoms with Crippen molar-refractivity contribution in [2.75, 3.05) is 0 Å². The van der Waals surface area contributed by atoms with Gasteiger partial charge in [-0.2, -0.15) is 5.21 Å². The number of benzene rings is 3. The Hall–Kier alpha value is -3.53. The van der Waals surface area contributed by atoms with Crippen molar-refractivity contribution in [1.29, 1.82) is 0 Å². The first-order chi connectivity index (χ1) is 25.3. The number of hydrogen-bond donors (Lipinski definition) is 0. The molecule has 1 amide bonds. The number of nitrogens with zero attached hydrogens (tertiary/aromatic N) is 5. The molecule has 0 fully saturated rings. The Morgan fingerprint density at radius 3 is 1.85 bits per heavy atom. The van der Waals surface area contributed by atoms with Crippen LogP contribution in [0.1, 0.15) is 110 Å². The Bertz CT molecular complexity index is 1530. The van der Waals surface area contributed by atoms with Crippen LogP contribution in [0.15, 0.2) is 78.9 Å². The van der Waals surface area contributed by atoms with Crippen LogP contribution in [-0.2, 0) is 27.5 Å². The maximum atomic E-state index is 13.4. The number of carbonyl (C=O) groups excluding carboxylic acids is 2. The van der Waals surface area contributed by atoms with Gasteiger partial charge >= 0.3 is 98.3 Å². The molecule has 4 rings (SSSR count). The summed E-state index contributed by atoms with van der Waals surface area (Å²) in [4.78, 5) is 28.4. The fourth-order valence-corrected chi connectivity index (χ4v) is 15.7. The number of amides is 1. The molecule has 1 heterocycles. The number of tetrazole rings is 1. The first-order valence-corrected chi connectivity index (χ1v) is 25.6. The van der Waals surface area contributed by atoms with E-state index in [4.69, 9.17) is 4.74 Å². The van der Waals surface area contributed by atoms with Crippen LogP contribution in [0.5, 0.6) is 0 Å². The van der Waals surface area contributed by atoms with Crippen LogP contribution in [0.25, 0.3) is 22.5 Å². The molecule has 52 heavy (non-hydrogen) atoms. The summed E-state index contributed by atoms with van der Waals surface area (Å²) >= 11 is -0.839. The molecule has 4 aromatic rings. The van der Waals surface area contributed by atoms with Crippen LogP contribution in [-0.4, -0.2) is 58.1 Å². The van der Waals surface area contributed by atoms with Gasteiger partial charge in [0.15, 0.2) is 0 Å². The van der Waals surface area contributed by atoms with Crippen molar-refractivity contribution in [3.63, 3.8) is 0 Å².